The molecular formula is C17H24O6Si. The van der Waals surface area contributed by atoms with Crippen molar-refractivity contribution in [3.63, 3.8) is 0 Å². The molecule has 0 spiro atoms. The second-order valence-electron chi connectivity index (χ2n) is 6.23. The average Bonchev–Trinajstić information content (AvgIpc) is 2.44. The van der Waals surface area contributed by atoms with E-state index >= 15 is 0 Å². The van der Waals surface area contributed by atoms with Gasteiger partial charge in [-0.05, 0) is 18.6 Å². The standard InChI is InChI=1S/C17H24O6Si/c1-6-9-17(4)20-11-14-10-15(7-8-16(14)21-17)24(5,22-12(2)18)23-13(3)19/h7-8,10H,6,9,11H2,1-5H3. The average molecular weight is 352 g/mol. The Kier molecular flexibility index (Phi) is 5.34. The van der Waals surface area contributed by atoms with Crippen LogP contribution >= 0.6 is 0 Å². The first kappa shape index (κ1) is 18.5. The van der Waals surface area contributed by atoms with E-state index in [2.05, 4.69) is 6.92 Å². The van der Waals surface area contributed by atoms with Crippen LogP contribution in [0.2, 0.25) is 6.55 Å². The third kappa shape index (κ3) is 4.15. The fraction of sp³-hybridized carbons (Fsp3) is 0.529. The molecule has 0 N–H and O–H groups in total. The second kappa shape index (κ2) is 6.94. The van der Waals surface area contributed by atoms with Crippen molar-refractivity contribution in [3.8, 4) is 5.75 Å². The van der Waals surface area contributed by atoms with Gasteiger partial charge in [-0.3, -0.25) is 9.59 Å². The van der Waals surface area contributed by atoms with Crippen LogP contribution in [-0.4, -0.2) is 26.3 Å². The number of ether oxygens (including phenoxy) is 2. The molecule has 7 heteroatoms. The Morgan fingerprint density at radius 1 is 1.25 bits per heavy atom. The van der Waals surface area contributed by atoms with Crippen LogP contribution in [0.5, 0.6) is 5.75 Å². The number of rotatable bonds is 5. The zero-order valence-electron chi connectivity index (χ0n) is 14.8. The molecule has 0 aliphatic carbocycles. The first-order valence-corrected chi connectivity index (χ1v) is 10.3. The molecule has 1 aromatic rings. The Hall–Kier alpha value is -1.86. The molecule has 0 aromatic heterocycles. The van der Waals surface area contributed by atoms with Crippen molar-refractivity contribution in [3.05, 3.63) is 23.8 Å². The molecule has 0 fully saturated rings. The molecule has 0 saturated heterocycles. The number of hydrogen-bond acceptors (Lipinski definition) is 6. The Morgan fingerprint density at radius 2 is 1.88 bits per heavy atom. The van der Waals surface area contributed by atoms with Crippen LogP contribution in [0, 0.1) is 0 Å². The van der Waals surface area contributed by atoms with Gasteiger partial charge in [0.15, 0.2) is 0 Å². The van der Waals surface area contributed by atoms with Gasteiger partial charge in [0.05, 0.1) is 6.61 Å². The Labute approximate surface area is 143 Å². The summed E-state index contributed by atoms with van der Waals surface area (Å²) in [6.45, 7) is 8.66. The zero-order chi connectivity index (χ0) is 18.0. The van der Waals surface area contributed by atoms with Crippen LogP contribution < -0.4 is 9.92 Å². The van der Waals surface area contributed by atoms with Gasteiger partial charge in [0.2, 0.25) is 5.79 Å². The van der Waals surface area contributed by atoms with Crippen LogP contribution in [0.25, 0.3) is 0 Å². The van der Waals surface area contributed by atoms with Gasteiger partial charge in [0, 0.05) is 44.5 Å². The SMILES string of the molecule is CCCC1(C)OCc2cc([Si](C)(OC(C)=O)OC(C)=O)ccc2O1. The maximum atomic E-state index is 11.4. The van der Waals surface area contributed by atoms with Crippen molar-refractivity contribution < 1.29 is 27.9 Å². The van der Waals surface area contributed by atoms with E-state index in [1.807, 2.05) is 19.1 Å². The van der Waals surface area contributed by atoms with Gasteiger partial charge < -0.3 is 18.3 Å². The van der Waals surface area contributed by atoms with Gasteiger partial charge in [-0.2, -0.15) is 0 Å². The summed E-state index contributed by atoms with van der Waals surface area (Å²) in [6, 6.07) is 5.44. The summed E-state index contributed by atoms with van der Waals surface area (Å²) >= 11 is 0. The van der Waals surface area contributed by atoms with E-state index < -0.39 is 26.3 Å². The fourth-order valence-corrected chi connectivity index (χ4v) is 5.03. The Bertz CT molecular complexity index is 628. The summed E-state index contributed by atoms with van der Waals surface area (Å²) in [5.41, 5.74) is 0.846. The number of carbonyl (C=O) groups excluding carboxylic acids is 2. The first-order valence-electron chi connectivity index (χ1n) is 8.03. The smallest absolute Gasteiger partial charge is 0.482 e. The molecule has 1 heterocycles. The predicted molar refractivity (Wildman–Crippen MR) is 90.0 cm³/mol. The molecule has 24 heavy (non-hydrogen) atoms. The third-order valence-corrected chi connectivity index (χ3v) is 6.54. The van der Waals surface area contributed by atoms with E-state index in [0.29, 0.717) is 11.8 Å². The minimum absolute atomic E-state index is 0.393. The number of carbonyl (C=O) groups is 2. The second-order valence-corrected chi connectivity index (χ2v) is 9.11. The monoisotopic (exact) mass is 352 g/mol. The van der Waals surface area contributed by atoms with Gasteiger partial charge in [-0.1, -0.05) is 13.0 Å². The molecule has 1 aliphatic rings. The largest absolute Gasteiger partial charge is 0.496 e. The van der Waals surface area contributed by atoms with Gasteiger partial charge in [-0.25, -0.2) is 0 Å². The summed E-state index contributed by atoms with van der Waals surface area (Å²) < 4.78 is 22.6. The minimum Gasteiger partial charge on any atom is -0.482 e. The van der Waals surface area contributed by atoms with Crippen molar-refractivity contribution >= 4 is 25.7 Å². The lowest BCUT2D eigenvalue weighted by atomic mass is 10.1. The summed E-state index contributed by atoms with van der Waals surface area (Å²) in [5.74, 6) is -0.851. The minimum atomic E-state index is -3.17. The van der Waals surface area contributed by atoms with Crippen molar-refractivity contribution in [2.75, 3.05) is 0 Å². The van der Waals surface area contributed by atoms with Crippen LogP contribution in [0.4, 0.5) is 0 Å². The highest BCUT2D eigenvalue weighted by Gasteiger charge is 2.42. The number of benzene rings is 1. The molecule has 0 radical (unpaired) electrons. The summed E-state index contributed by atoms with van der Waals surface area (Å²) in [5, 5.41) is 0.679. The normalized spacial score (nSPS) is 19.9. The molecule has 6 nitrogen and oxygen atoms in total. The highest BCUT2D eigenvalue weighted by molar-refractivity contribution is 6.82. The maximum Gasteiger partial charge on any atom is 0.496 e. The lowest BCUT2D eigenvalue weighted by molar-refractivity contribution is -0.197. The molecule has 1 atom stereocenters. The van der Waals surface area contributed by atoms with E-state index in [1.54, 1.807) is 12.6 Å². The number of hydrogen-bond donors (Lipinski definition) is 0. The van der Waals surface area contributed by atoms with Gasteiger partial charge in [0.1, 0.15) is 5.75 Å². The summed E-state index contributed by atoms with van der Waals surface area (Å²) in [7, 11) is -3.17. The van der Waals surface area contributed by atoms with Crippen LogP contribution in [0.15, 0.2) is 18.2 Å². The quantitative estimate of drug-likeness (QED) is 0.758. The molecule has 1 aromatic carbocycles. The van der Waals surface area contributed by atoms with Gasteiger partial charge in [-0.15, -0.1) is 0 Å². The van der Waals surface area contributed by atoms with Crippen LogP contribution in [0.1, 0.15) is 46.1 Å². The molecular weight excluding hydrogens is 328 g/mol. The van der Waals surface area contributed by atoms with Crippen molar-refractivity contribution in [1.29, 1.82) is 0 Å². The zero-order valence-corrected chi connectivity index (χ0v) is 15.8. The predicted octanol–water partition coefficient (Wildman–Crippen LogP) is 2.52. The highest BCUT2D eigenvalue weighted by Crippen LogP contribution is 2.33. The van der Waals surface area contributed by atoms with Crippen LogP contribution in [-0.2, 0) is 29.8 Å². The molecule has 2 rings (SSSR count). The third-order valence-electron chi connectivity index (χ3n) is 3.82. The topological polar surface area (TPSA) is 71.1 Å². The first-order chi connectivity index (χ1) is 11.2. The lowest BCUT2D eigenvalue weighted by Gasteiger charge is -2.36. The molecule has 1 aliphatic heterocycles. The van der Waals surface area contributed by atoms with E-state index in [1.165, 1.54) is 13.8 Å². The Morgan fingerprint density at radius 3 is 2.42 bits per heavy atom. The van der Waals surface area contributed by atoms with Gasteiger partial charge >= 0.3 is 8.56 Å². The highest BCUT2D eigenvalue weighted by atomic mass is 28.4. The number of fused-ring (bicyclic) bond motifs is 1. The molecule has 0 bridgehead atoms. The fourth-order valence-electron chi connectivity index (χ4n) is 2.83. The summed E-state index contributed by atoms with van der Waals surface area (Å²) in [4.78, 5) is 22.9. The van der Waals surface area contributed by atoms with Crippen molar-refractivity contribution in [2.24, 2.45) is 0 Å². The van der Waals surface area contributed by atoms with E-state index in [4.69, 9.17) is 18.3 Å². The molecule has 1 unspecified atom stereocenters. The van der Waals surface area contributed by atoms with E-state index in [-0.39, 0.29) is 0 Å². The maximum absolute atomic E-state index is 11.4. The van der Waals surface area contributed by atoms with Crippen molar-refractivity contribution in [2.45, 2.75) is 59.5 Å². The molecule has 132 valence electrons. The van der Waals surface area contributed by atoms with Crippen LogP contribution in [0.3, 0.4) is 0 Å². The van der Waals surface area contributed by atoms with Gasteiger partial charge in [0.25, 0.3) is 11.9 Å². The van der Waals surface area contributed by atoms with E-state index in [0.717, 1.165) is 24.2 Å². The van der Waals surface area contributed by atoms with E-state index in [9.17, 15) is 9.59 Å². The molecule has 0 saturated carbocycles. The van der Waals surface area contributed by atoms with Crippen molar-refractivity contribution in [1.82, 2.24) is 0 Å². The lowest BCUT2D eigenvalue weighted by Crippen LogP contribution is -2.53. The summed E-state index contributed by atoms with van der Waals surface area (Å²) in [6.07, 6.45) is 1.75. The molecule has 0 amide bonds. The Balaban J connectivity index is 2.33.